The van der Waals surface area contributed by atoms with Gasteiger partial charge in [0.05, 0.1) is 22.2 Å². The lowest BCUT2D eigenvalue weighted by atomic mass is 10.0. The third-order valence-corrected chi connectivity index (χ3v) is 6.45. The maximum absolute atomic E-state index is 13.0. The summed E-state index contributed by atoms with van der Waals surface area (Å²) in [7, 11) is -2.22. The Morgan fingerprint density at radius 1 is 1.13 bits per heavy atom. The molecule has 1 aliphatic rings. The number of carbonyl (C=O) groups is 2. The van der Waals surface area contributed by atoms with Crippen molar-refractivity contribution in [2.45, 2.75) is 24.8 Å². The van der Waals surface area contributed by atoms with E-state index in [4.69, 9.17) is 11.6 Å². The second-order valence-corrected chi connectivity index (χ2v) is 9.55. The van der Waals surface area contributed by atoms with E-state index < -0.39 is 27.9 Å². The Morgan fingerprint density at radius 3 is 2.45 bits per heavy atom. The van der Waals surface area contributed by atoms with Gasteiger partial charge in [-0.3, -0.25) is 19.3 Å². The summed E-state index contributed by atoms with van der Waals surface area (Å²) in [6.45, 7) is 3.40. The Bertz CT molecular complexity index is 1150. The third kappa shape index (κ3) is 5.05. The van der Waals surface area contributed by atoms with Crippen molar-refractivity contribution in [2.75, 3.05) is 18.9 Å². The normalized spacial score (nSPS) is 16.5. The molecule has 0 aromatic heterocycles. The Balaban J connectivity index is 1.77. The number of para-hydroxylation sites is 1. The molecule has 1 heterocycles. The van der Waals surface area contributed by atoms with Crippen molar-refractivity contribution in [1.82, 2.24) is 9.62 Å². The van der Waals surface area contributed by atoms with Gasteiger partial charge in [0.2, 0.25) is 11.8 Å². The lowest BCUT2D eigenvalue weighted by Crippen LogP contribution is -2.43. The van der Waals surface area contributed by atoms with E-state index in [-0.39, 0.29) is 23.2 Å². The number of sulfonamides is 1. The van der Waals surface area contributed by atoms with Crippen molar-refractivity contribution >= 4 is 45.0 Å². The summed E-state index contributed by atoms with van der Waals surface area (Å²) in [5, 5.41) is 3.06. The lowest BCUT2D eigenvalue weighted by molar-refractivity contribution is -0.135. The van der Waals surface area contributed by atoms with Crippen LogP contribution in [0.25, 0.3) is 0 Å². The number of aliphatic imine (C=N–C) groups is 1. The summed E-state index contributed by atoms with van der Waals surface area (Å²) in [6, 6.07) is 12.4. The van der Waals surface area contributed by atoms with Crippen LogP contribution in [0.5, 0.6) is 0 Å². The number of hydrogen-bond acceptors (Lipinski definition) is 5. The molecule has 0 saturated carbocycles. The van der Waals surface area contributed by atoms with Crippen molar-refractivity contribution in [1.29, 1.82) is 0 Å². The third-order valence-electron chi connectivity index (χ3n) is 4.72. The summed E-state index contributed by atoms with van der Waals surface area (Å²) >= 11 is 6.05. The molecule has 2 aromatic carbocycles. The number of rotatable bonds is 6. The molecule has 0 bridgehead atoms. The molecule has 3 rings (SSSR count). The van der Waals surface area contributed by atoms with Crippen molar-refractivity contribution < 1.29 is 18.0 Å². The van der Waals surface area contributed by atoms with E-state index in [1.165, 1.54) is 18.0 Å². The van der Waals surface area contributed by atoms with E-state index in [0.29, 0.717) is 16.3 Å². The Morgan fingerprint density at radius 2 is 1.77 bits per heavy atom. The molecule has 2 N–H and O–H groups in total. The van der Waals surface area contributed by atoms with Gasteiger partial charge in [0.1, 0.15) is 11.9 Å². The van der Waals surface area contributed by atoms with Crippen LogP contribution in [0.3, 0.4) is 0 Å². The molecule has 1 atom stereocenters. The van der Waals surface area contributed by atoms with Crippen molar-refractivity contribution in [3.8, 4) is 0 Å². The van der Waals surface area contributed by atoms with E-state index in [1.807, 2.05) is 0 Å². The van der Waals surface area contributed by atoms with Crippen molar-refractivity contribution in [3.05, 3.63) is 59.1 Å². The molecule has 2 aromatic rings. The van der Waals surface area contributed by atoms with Crippen LogP contribution >= 0.6 is 11.6 Å². The highest BCUT2D eigenvalue weighted by molar-refractivity contribution is 7.90. The van der Waals surface area contributed by atoms with Gasteiger partial charge in [-0.2, -0.15) is 0 Å². The number of carbonyl (C=O) groups excluding carboxylic acids is 2. The predicted molar refractivity (Wildman–Crippen MR) is 120 cm³/mol. The van der Waals surface area contributed by atoms with Crippen molar-refractivity contribution in [3.63, 3.8) is 0 Å². The molecule has 164 valence electrons. The van der Waals surface area contributed by atoms with Gasteiger partial charge in [-0.25, -0.2) is 8.42 Å². The van der Waals surface area contributed by atoms with Gasteiger partial charge in [0.25, 0.3) is 10.0 Å². The number of halogens is 1. The van der Waals surface area contributed by atoms with Gasteiger partial charge in [-0.05, 0) is 30.2 Å². The van der Waals surface area contributed by atoms with Gasteiger partial charge in [0.15, 0.2) is 0 Å². The SMILES string of the molecule is CC(C)[C@H](N=C1NS(=O)(=O)c2ccccc21)C(=O)N(C)CC(=O)Nc1ccccc1Cl. The minimum Gasteiger partial charge on any atom is -0.335 e. The van der Waals surface area contributed by atoms with E-state index in [0.717, 1.165) is 0 Å². The highest BCUT2D eigenvalue weighted by atomic mass is 35.5. The summed E-state index contributed by atoms with van der Waals surface area (Å²) in [5.41, 5.74) is 0.868. The fourth-order valence-electron chi connectivity index (χ4n) is 3.13. The van der Waals surface area contributed by atoms with Crippen LogP contribution in [0.1, 0.15) is 19.4 Å². The Kier molecular flexibility index (Phi) is 6.66. The van der Waals surface area contributed by atoms with Gasteiger partial charge in [-0.15, -0.1) is 0 Å². The molecule has 0 unspecified atom stereocenters. The highest BCUT2D eigenvalue weighted by Crippen LogP contribution is 2.24. The fourth-order valence-corrected chi connectivity index (χ4v) is 4.55. The topological polar surface area (TPSA) is 108 Å². The quantitative estimate of drug-likeness (QED) is 0.687. The summed E-state index contributed by atoms with van der Waals surface area (Å²) in [6.07, 6.45) is 0. The average molecular weight is 463 g/mol. The number of fused-ring (bicyclic) bond motifs is 1. The zero-order chi connectivity index (χ0) is 22.8. The minimum absolute atomic E-state index is 0.121. The van der Waals surface area contributed by atoms with Gasteiger partial charge in [0, 0.05) is 12.6 Å². The summed E-state index contributed by atoms with van der Waals surface area (Å²) in [4.78, 5) is 31.2. The first-order valence-corrected chi connectivity index (χ1v) is 11.5. The molecular weight excluding hydrogens is 440 g/mol. The second kappa shape index (κ2) is 9.07. The first-order chi connectivity index (χ1) is 14.6. The lowest BCUT2D eigenvalue weighted by Gasteiger charge is -2.24. The molecule has 0 fully saturated rings. The summed E-state index contributed by atoms with van der Waals surface area (Å²) < 4.78 is 27.0. The number of nitrogens with one attached hydrogen (secondary N) is 2. The molecule has 2 amide bonds. The molecule has 0 saturated heterocycles. The number of benzene rings is 2. The van der Waals surface area contributed by atoms with Crippen LogP contribution in [0.4, 0.5) is 5.69 Å². The maximum Gasteiger partial charge on any atom is 0.263 e. The molecule has 31 heavy (non-hydrogen) atoms. The van der Waals surface area contributed by atoms with Gasteiger partial charge >= 0.3 is 0 Å². The smallest absolute Gasteiger partial charge is 0.263 e. The second-order valence-electron chi connectivity index (χ2n) is 7.49. The van der Waals surface area contributed by atoms with Crippen molar-refractivity contribution in [2.24, 2.45) is 10.9 Å². The van der Waals surface area contributed by atoms with Crippen LogP contribution in [0, 0.1) is 5.92 Å². The Hall–Kier alpha value is -2.91. The predicted octanol–water partition coefficient (Wildman–Crippen LogP) is 2.50. The average Bonchev–Trinajstić information content (AvgIpc) is 2.97. The van der Waals surface area contributed by atoms with E-state index in [2.05, 4.69) is 15.0 Å². The number of anilines is 1. The van der Waals surface area contributed by atoms with Gasteiger partial charge < -0.3 is 10.2 Å². The largest absolute Gasteiger partial charge is 0.335 e. The van der Waals surface area contributed by atoms with Crippen LogP contribution in [-0.2, 0) is 19.6 Å². The number of likely N-dealkylation sites (N-methyl/N-ethyl adjacent to an activating group) is 1. The van der Waals surface area contributed by atoms with Crippen LogP contribution in [-0.4, -0.2) is 50.6 Å². The zero-order valence-electron chi connectivity index (χ0n) is 17.3. The number of nitrogens with zero attached hydrogens (tertiary/aromatic N) is 2. The molecule has 10 heteroatoms. The summed E-state index contributed by atoms with van der Waals surface area (Å²) in [5.74, 6) is -0.922. The maximum atomic E-state index is 13.0. The standard InChI is InChI=1S/C21H23ClN4O4S/c1-13(2)19(24-20-14-8-4-7-11-17(14)31(29,30)25-20)21(28)26(3)12-18(27)23-16-10-6-5-9-15(16)22/h4-11,13,19H,12H2,1-3H3,(H,23,27)(H,24,25)/t19-/m0/s1. The molecule has 0 radical (unpaired) electrons. The van der Waals surface area contributed by atoms with Crippen LogP contribution in [0.15, 0.2) is 58.4 Å². The molecule has 0 aliphatic carbocycles. The minimum atomic E-state index is -3.71. The number of amides is 2. The van der Waals surface area contributed by atoms with Gasteiger partial charge in [-0.1, -0.05) is 49.7 Å². The van der Waals surface area contributed by atoms with E-state index >= 15 is 0 Å². The first kappa shape index (κ1) is 22.8. The number of amidine groups is 1. The molecular formula is C21H23ClN4O4S. The molecule has 0 spiro atoms. The first-order valence-electron chi connectivity index (χ1n) is 9.59. The van der Waals surface area contributed by atoms with E-state index in [9.17, 15) is 18.0 Å². The zero-order valence-corrected chi connectivity index (χ0v) is 18.9. The Labute approximate surface area is 186 Å². The molecule has 8 nitrogen and oxygen atoms in total. The van der Waals surface area contributed by atoms with Crippen LogP contribution < -0.4 is 10.0 Å². The monoisotopic (exact) mass is 462 g/mol. The fraction of sp³-hybridized carbons (Fsp3) is 0.286. The number of hydrogen-bond donors (Lipinski definition) is 2. The highest BCUT2D eigenvalue weighted by Gasteiger charge is 2.33. The molecule has 1 aliphatic heterocycles. The van der Waals surface area contributed by atoms with E-state index in [1.54, 1.807) is 56.3 Å². The van der Waals surface area contributed by atoms with Crippen LogP contribution in [0.2, 0.25) is 5.02 Å².